The van der Waals surface area contributed by atoms with Gasteiger partial charge in [0.15, 0.2) is 0 Å². The summed E-state index contributed by atoms with van der Waals surface area (Å²) in [6.45, 7) is 4.59. The third-order valence-corrected chi connectivity index (χ3v) is 2.81. The van der Waals surface area contributed by atoms with Crippen LogP contribution in [-0.2, 0) is 23.4 Å². The van der Waals surface area contributed by atoms with Crippen LogP contribution < -0.4 is 0 Å². The summed E-state index contributed by atoms with van der Waals surface area (Å²) in [7, 11) is -4.43. The fourth-order valence-corrected chi connectivity index (χ4v) is 1.67. The molecule has 0 bridgehead atoms. The fourth-order valence-electron chi connectivity index (χ4n) is 1.17. The molecule has 0 fully saturated rings. The van der Waals surface area contributed by atoms with Crippen LogP contribution in [0, 0.1) is 0 Å². The number of carbonyl (C=O) groups is 1. The predicted molar refractivity (Wildman–Crippen MR) is 73.2 cm³/mol. The lowest BCUT2D eigenvalue weighted by Crippen LogP contribution is -2.06. The van der Waals surface area contributed by atoms with Crippen LogP contribution in [0.5, 0.6) is 0 Å². The first-order valence-corrected chi connectivity index (χ1v) is 7.16. The summed E-state index contributed by atoms with van der Waals surface area (Å²) in [6.07, 6.45) is 2.81. The Morgan fingerprint density at radius 3 is 2.65 bits per heavy atom. The first-order chi connectivity index (χ1) is 9.44. The highest BCUT2D eigenvalue weighted by Gasteiger charge is 2.24. The van der Waals surface area contributed by atoms with E-state index < -0.39 is 13.8 Å². The molecule has 0 aromatic heterocycles. The molecule has 1 N–H and O–H groups in total. The molecule has 7 heteroatoms. The van der Waals surface area contributed by atoms with Crippen LogP contribution in [0.1, 0.15) is 12.5 Å². The Labute approximate surface area is 116 Å². The number of hydrogen-bond acceptors (Lipinski definition) is 5. The van der Waals surface area contributed by atoms with Gasteiger partial charge >= 0.3 is 13.8 Å². The van der Waals surface area contributed by atoms with E-state index >= 15 is 0 Å². The largest absolute Gasteiger partial charge is 0.508 e. The molecule has 0 aliphatic heterocycles. The molecule has 1 atom stereocenters. The Bertz CT molecular complexity index is 537. The quantitative estimate of drug-likeness (QED) is 0.274. The molecule has 108 valence electrons. The maximum absolute atomic E-state index is 11.5. The molecule has 0 aliphatic rings. The van der Waals surface area contributed by atoms with E-state index in [1.165, 1.54) is 13.0 Å². The minimum atomic E-state index is -4.43. The zero-order valence-corrected chi connectivity index (χ0v) is 11.8. The van der Waals surface area contributed by atoms with Crippen LogP contribution in [0.4, 0.5) is 0 Å². The Morgan fingerprint density at radius 2 is 2.05 bits per heavy atom. The van der Waals surface area contributed by atoms with Gasteiger partial charge in [-0.2, -0.15) is 0 Å². The van der Waals surface area contributed by atoms with Crippen LogP contribution in [0.25, 0.3) is 6.08 Å². The van der Waals surface area contributed by atoms with Gasteiger partial charge in [0.1, 0.15) is 0 Å². The molecule has 1 aromatic carbocycles. The van der Waals surface area contributed by atoms with E-state index in [0.717, 1.165) is 5.56 Å². The Balaban J connectivity index is 2.56. The van der Waals surface area contributed by atoms with E-state index in [1.54, 1.807) is 18.2 Å². The fraction of sp³-hybridized carbons (Fsp3) is 0.154. The van der Waals surface area contributed by atoms with Gasteiger partial charge in [-0.05, 0) is 18.6 Å². The Hall–Kier alpha value is -1.72. The van der Waals surface area contributed by atoms with Gasteiger partial charge in [0, 0.05) is 5.57 Å². The molecular formula is C13H15O6P. The van der Waals surface area contributed by atoms with Crippen LogP contribution in [0.2, 0.25) is 0 Å². The molecule has 6 nitrogen and oxygen atoms in total. The maximum atomic E-state index is 11.5. The summed E-state index contributed by atoms with van der Waals surface area (Å²) in [5.41, 5.74) is 0.997. The topological polar surface area (TPSA) is 82.1 Å². The summed E-state index contributed by atoms with van der Waals surface area (Å²) in [5, 5.41) is 0. The Kier molecular flexibility index (Phi) is 6.35. The molecule has 0 aliphatic carbocycles. The van der Waals surface area contributed by atoms with Crippen LogP contribution in [-0.4, -0.2) is 17.5 Å². The standard InChI is InChI=1S/C13H15O6P/c1-3-9-17-20(15,16)19-18-13(14)11(2)10-12-7-5-4-6-8-12/h3-8,10H,1,9H2,2H3,(H,15,16). The summed E-state index contributed by atoms with van der Waals surface area (Å²) in [4.78, 5) is 24.9. The van der Waals surface area contributed by atoms with Gasteiger partial charge in [-0.15, -0.1) is 6.58 Å². The summed E-state index contributed by atoms with van der Waals surface area (Å²) in [6, 6.07) is 9.05. The van der Waals surface area contributed by atoms with Gasteiger partial charge in [-0.25, -0.2) is 9.36 Å². The first-order valence-electron chi connectivity index (χ1n) is 5.67. The molecule has 1 unspecified atom stereocenters. The van der Waals surface area contributed by atoms with Gasteiger partial charge in [0.05, 0.1) is 6.61 Å². The highest BCUT2D eigenvalue weighted by molar-refractivity contribution is 7.47. The van der Waals surface area contributed by atoms with Crippen molar-refractivity contribution in [1.82, 2.24) is 0 Å². The third-order valence-electron chi connectivity index (χ3n) is 2.07. The van der Waals surface area contributed by atoms with Crippen LogP contribution in [0.15, 0.2) is 48.6 Å². The highest BCUT2D eigenvalue weighted by Crippen LogP contribution is 2.43. The van der Waals surface area contributed by atoms with E-state index in [0.29, 0.717) is 0 Å². The van der Waals surface area contributed by atoms with E-state index in [-0.39, 0.29) is 12.2 Å². The van der Waals surface area contributed by atoms with Crippen molar-refractivity contribution in [1.29, 1.82) is 0 Å². The van der Waals surface area contributed by atoms with E-state index in [9.17, 15) is 9.36 Å². The molecule has 1 rings (SSSR count). The van der Waals surface area contributed by atoms with Crippen molar-refractivity contribution in [3.8, 4) is 0 Å². The molecular weight excluding hydrogens is 283 g/mol. The minimum absolute atomic E-state index is 0.204. The van der Waals surface area contributed by atoms with Gasteiger partial charge in [-0.3, -0.25) is 9.41 Å². The van der Waals surface area contributed by atoms with E-state index in [4.69, 9.17) is 4.89 Å². The number of phosphoric acid groups is 1. The van der Waals surface area contributed by atoms with Crippen molar-refractivity contribution < 1.29 is 28.3 Å². The molecule has 1 aromatic rings. The minimum Gasteiger partial charge on any atom is -0.300 e. The van der Waals surface area contributed by atoms with Gasteiger partial charge in [0.25, 0.3) is 0 Å². The second-order valence-electron chi connectivity index (χ2n) is 3.74. The summed E-state index contributed by atoms with van der Waals surface area (Å²) >= 11 is 0. The van der Waals surface area contributed by atoms with Crippen molar-refractivity contribution in [2.24, 2.45) is 0 Å². The second-order valence-corrected chi connectivity index (χ2v) is 5.08. The lowest BCUT2D eigenvalue weighted by Gasteiger charge is -2.09. The second kappa shape index (κ2) is 7.77. The summed E-state index contributed by atoms with van der Waals surface area (Å²) in [5.74, 6) is -0.884. The zero-order chi connectivity index (χ0) is 15.0. The monoisotopic (exact) mass is 298 g/mol. The number of benzene rings is 1. The van der Waals surface area contributed by atoms with Crippen molar-refractivity contribution in [3.63, 3.8) is 0 Å². The molecule has 0 amide bonds. The number of rotatable bonds is 7. The zero-order valence-electron chi connectivity index (χ0n) is 10.9. The van der Waals surface area contributed by atoms with Crippen LogP contribution in [0.3, 0.4) is 0 Å². The van der Waals surface area contributed by atoms with Crippen LogP contribution >= 0.6 is 7.82 Å². The molecule has 20 heavy (non-hydrogen) atoms. The molecule has 0 saturated carbocycles. The normalized spacial score (nSPS) is 14.4. The van der Waals surface area contributed by atoms with Gasteiger partial charge < -0.3 is 4.89 Å². The average molecular weight is 298 g/mol. The van der Waals surface area contributed by atoms with Crippen molar-refractivity contribution in [3.05, 3.63) is 54.1 Å². The molecule has 0 spiro atoms. The SMILES string of the molecule is C=CCOP(=O)(O)OOC(=O)C(C)=Cc1ccccc1. The molecule has 0 radical (unpaired) electrons. The van der Waals surface area contributed by atoms with Gasteiger partial charge in [0.2, 0.25) is 0 Å². The van der Waals surface area contributed by atoms with Crippen molar-refractivity contribution in [2.75, 3.05) is 6.61 Å². The number of phosphoric ester groups is 1. The smallest absolute Gasteiger partial charge is 0.300 e. The first kappa shape index (κ1) is 16.3. The summed E-state index contributed by atoms with van der Waals surface area (Å²) < 4.78 is 19.7. The van der Waals surface area contributed by atoms with Crippen molar-refractivity contribution in [2.45, 2.75) is 6.92 Å². The predicted octanol–water partition coefficient (Wildman–Crippen LogP) is 2.87. The lowest BCUT2D eigenvalue weighted by atomic mass is 10.1. The van der Waals surface area contributed by atoms with Gasteiger partial charge in [-0.1, -0.05) is 41.1 Å². The molecule has 0 saturated heterocycles. The van der Waals surface area contributed by atoms with E-state index in [1.807, 2.05) is 18.2 Å². The average Bonchev–Trinajstić information content (AvgIpc) is 2.44. The number of carbonyl (C=O) groups excluding carboxylic acids is 1. The highest BCUT2D eigenvalue weighted by atomic mass is 31.2. The third kappa shape index (κ3) is 5.95. The maximum Gasteiger partial charge on any atom is 0.508 e. The molecule has 0 heterocycles. The number of hydrogen-bond donors (Lipinski definition) is 1. The van der Waals surface area contributed by atoms with E-state index in [2.05, 4.69) is 20.7 Å². The van der Waals surface area contributed by atoms with Crippen molar-refractivity contribution >= 4 is 19.9 Å². The lowest BCUT2D eigenvalue weighted by molar-refractivity contribution is -0.218. The Morgan fingerprint density at radius 1 is 1.40 bits per heavy atom.